The first-order chi connectivity index (χ1) is 12.3. The molecule has 0 fully saturated rings. The SMILES string of the molecule is COc1ccc2c(CCN(C)C)cn(C(=O)OCOC(=O)C(C)C)c2c1. The predicted molar refractivity (Wildman–Crippen MR) is 98.4 cm³/mol. The second-order valence-corrected chi connectivity index (χ2v) is 6.61. The Labute approximate surface area is 153 Å². The summed E-state index contributed by atoms with van der Waals surface area (Å²) in [5.74, 6) is -0.0402. The number of fused-ring (bicyclic) bond motifs is 1. The van der Waals surface area contributed by atoms with Crippen molar-refractivity contribution in [1.82, 2.24) is 9.47 Å². The van der Waals surface area contributed by atoms with Gasteiger partial charge in [-0.2, -0.15) is 0 Å². The Kier molecular flexibility index (Phi) is 6.63. The summed E-state index contributed by atoms with van der Waals surface area (Å²) in [4.78, 5) is 26.0. The van der Waals surface area contributed by atoms with Crippen LogP contribution in [0.1, 0.15) is 19.4 Å². The van der Waals surface area contributed by atoms with Crippen LogP contribution in [0.25, 0.3) is 10.9 Å². The molecule has 2 rings (SSSR count). The molecule has 0 amide bonds. The number of esters is 1. The lowest BCUT2D eigenvalue weighted by atomic mass is 10.1. The van der Waals surface area contributed by atoms with Crippen molar-refractivity contribution in [3.63, 3.8) is 0 Å². The third kappa shape index (κ3) is 4.76. The molecular weight excluding hydrogens is 336 g/mol. The van der Waals surface area contributed by atoms with Gasteiger partial charge in [-0.05, 0) is 38.2 Å². The van der Waals surface area contributed by atoms with E-state index >= 15 is 0 Å². The van der Waals surface area contributed by atoms with Crippen molar-refractivity contribution in [3.05, 3.63) is 30.0 Å². The van der Waals surface area contributed by atoms with E-state index in [0.29, 0.717) is 11.3 Å². The summed E-state index contributed by atoms with van der Waals surface area (Å²) in [7, 11) is 5.57. The van der Waals surface area contributed by atoms with Gasteiger partial charge in [0.15, 0.2) is 0 Å². The largest absolute Gasteiger partial charge is 0.497 e. The van der Waals surface area contributed by atoms with Gasteiger partial charge >= 0.3 is 12.1 Å². The van der Waals surface area contributed by atoms with Crippen molar-refractivity contribution < 1.29 is 23.8 Å². The second-order valence-electron chi connectivity index (χ2n) is 6.61. The predicted octanol–water partition coefficient (Wildman–Crippen LogP) is 2.90. The summed E-state index contributed by atoms with van der Waals surface area (Å²) >= 11 is 0. The van der Waals surface area contributed by atoms with Crippen LogP contribution < -0.4 is 4.74 Å². The van der Waals surface area contributed by atoms with Gasteiger partial charge in [-0.3, -0.25) is 9.36 Å². The van der Waals surface area contributed by atoms with Crippen molar-refractivity contribution in [3.8, 4) is 5.75 Å². The molecule has 7 heteroatoms. The molecule has 7 nitrogen and oxygen atoms in total. The van der Waals surface area contributed by atoms with Gasteiger partial charge in [0, 0.05) is 24.2 Å². The van der Waals surface area contributed by atoms with Crippen LogP contribution in [0.4, 0.5) is 4.79 Å². The maximum atomic E-state index is 12.5. The molecule has 0 N–H and O–H groups in total. The third-order valence-electron chi connectivity index (χ3n) is 3.98. The van der Waals surface area contributed by atoms with E-state index in [0.717, 1.165) is 23.9 Å². The monoisotopic (exact) mass is 362 g/mol. The number of carbonyl (C=O) groups excluding carboxylic acids is 2. The number of ether oxygens (including phenoxy) is 3. The van der Waals surface area contributed by atoms with E-state index in [1.54, 1.807) is 33.2 Å². The van der Waals surface area contributed by atoms with Crippen LogP contribution in [0.5, 0.6) is 5.75 Å². The Balaban J connectivity index is 2.23. The van der Waals surface area contributed by atoms with Crippen molar-refractivity contribution in [1.29, 1.82) is 0 Å². The van der Waals surface area contributed by atoms with Gasteiger partial charge in [-0.1, -0.05) is 13.8 Å². The van der Waals surface area contributed by atoms with Gasteiger partial charge in [0.1, 0.15) is 5.75 Å². The Bertz CT molecular complexity index is 780. The summed E-state index contributed by atoms with van der Waals surface area (Å²) in [6, 6.07) is 5.58. The fraction of sp³-hybridized carbons (Fsp3) is 0.474. The second kappa shape index (κ2) is 8.71. The van der Waals surface area contributed by atoms with Crippen molar-refractivity contribution in [2.45, 2.75) is 20.3 Å². The highest BCUT2D eigenvalue weighted by atomic mass is 16.7. The molecule has 0 aliphatic rings. The molecule has 1 aromatic carbocycles. The Hall–Kier alpha value is -2.54. The number of aromatic nitrogens is 1. The van der Waals surface area contributed by atoms with E-state index < -0.39 is 18.9 Å². The first-order valence-corrected chi connectivity index (χ1v) is 8.50. The quantitative estimate of drug-likeness (QED) is 0.557. The van der Waals surface area contributed by atoms with E-state index in [1.165, 1.54) is 4.57 Å². The van der Waals surface area contributed by atoms with E-state index in [2.05, 4.69) is 4.90 Å². The zero-order valence-electron chi connectivity index (χ0n) is 15.9. The van der Waals surface area contributed by atoms with Gasteiger partial charge in [-0.15, -0.1) is 0 Å². The number of likely N-dealkylation sites (N-methyl/N-ethyl adjacent to an activating group) is 1. The minimum absolute atomic E-state index is 0.275. The molecule has 0 unspecified atom stereocenters. The maximum Gasteiger partial charge on any atom is 0.421 e. The summed E-state index contributed by atoms with van der Waals surface area (Å²) in [6.07, 6.45) is 1.95. The van der Waals surface area contributed by atoms with Crippen LogP contribution >= 0.6 is 0 Å². The molecule has 0 aliphatic carbocycles. The Morgan fingerprint density at radius 3 is 2.54 bits per heavy atom. The fourth-order valence-electron chi connectivity index (χ4n) is 2.47. The average molecular weight is 362 g/mol. The number of rotatable bonds is 7. The molecule has 0 aliphatic heterocycles. The lowest BCUT2D eigenvalue weighted by Crippen LogP contribution is -2.19. The van der Waals surface area contributed by atoms with Crippen LogP contribution in [0, 0.1) is 5.92 Å². The minimum Gasteiger partial charge on any atom is -0.497 e. The molecule has 26 heavy (non-hydrogen) atoms. The van der Waals surface area contributed by atoms with Gasteiger partial charge < -0.3 is 19.1 Å². The standard InChI is InChI=1S/C19H26N2O5/c1-13(2)18(22)25-12-26-19(23)21-11-14(8-9-20(3)4)16-7-6-15(24-5)10-17(16)21/h6-7,10-11,13H,8-9,12H2,1-5H3. The average Bonchev–Trinajstić information content (AvgIpc) is 2.97. The minimum atomic E-state index is -0.601. The van der Waals surface area contributed by atoms with E-state index in [9.17, 15) is 9.59 Å². The Morgan fingerprint density at radius 2 is 1.92 bits per heavy atom. The fourth-order valence-corrected chi connectivity index (χ4v) is 2.47. The van der Waals surface area contributed by atoms with E-state index in [-0.39, 0.29) is 5.92 Å². The summed E-state index contributed by atoms with van der Waals surface area (Å²) in [5, 5.41) is 0.962. The maximum absolute atomic E-state index is 12.5. The lowest BCUT2D eigenvalue weighted by Gasteiger charge is -2.09. The molecule has 0 spiro atoms. The van der Waals surface area contributed by atoms with Crippen LogP contribution in [-0.2, 0) is 20.7 Å². The molecule has 142 valence electrons. The van der Waals surface area contributed by atoms with E-state index in [1.807, 2.05) is 26.2 Å². The van der Waals surface area contributed by atoms with Gasteiger partial charge in [-0.25, -0.2) is 4.79 Å². The molecular formula is C19H26N2O5. The van der Waals surface area contributed by atoms with Crippen molar-refractivity contribution in [2.24, 2.45) is 5.92 Å². The van der Waals surface area contributed by atoms with Crippen LogP contribution in [0.15, 0.2) is 24.4 Å². The van der Waals surface area contributed by atoms with Gasteiger partial charge in [0.25, 0.3) is 0 Å². The number of hydrogen-bond acceptors (Lipinski definition) is 6. The number of carbonyl (C=O) groups is 2. The first-order valence-electron chi connectivity index (χ1n) is 8.50. The molecule has 0 radical (unpaired) electrons. The molecule has 1 heterocycles. The van der Waals surface area contributed by atoms with Crippen molar-refractivity contribution in [2.75, 3.05) is 34.5 Å². The normalized spacial score (nSPS) is 11.2. The van der Waals surface area contributed by atoms with Gasteiger partial charge in [0.2, 0.25) is 6.79 Å². The van der Waals surface area contributed by atoms with Crippen LogP contribution in [0.3, 0.4) is 0 Å². The number of methoxy groups -OCH3 is 1. The Morgan fingerprint density at radius 1 is 1.19 bits per heavy atom. The zero-order valence-corrected chi connectivity index (χ0v) is 15.9. The third-order valence-corrected chi connectivity index (χ3v) is 3.98. The van der Waals surface area contributed by atoms with Crippen molar-refractivity contribution >= 4 is 23.0 Å². The number of nitrogens with zero attached hydrogens (tertiary/aromatic N) is 2. The first kappa shape index (κ1) is 19.8. The zero-order chi connectivity index (χ0) is 19.3. The summed E-state index contributed by atoms with van der Waals surface area (Å²) in [6.45, 7) is 3.87. The van der Waals surface area contributed by atoms with E-state index in [4.69, 9.17) is 14.2 Å². The molecule has 0 atom stereocenters. The van der Waals surface area contributed by atoms with Crippen LogP contribution in [0.2, 0.25) is 0 Å². The summed E-state index contributed by atoms with van der Waals surface area (Å²) in [5.41, 5.74) is 1.73. The van der Waals surface area contributed by atoms with Gasteiger partial charge in [0.05, 0.1) is 18.5 Å². The summed E-state index contributed by atoms with van der Waals surface area (Å²) < 4.78 is 16.7. The lowest BCUT2D eigenvalue weighted by molar-refractivity contribution is -0.155. The molecule has 0 bridgehead atoms. The highest BCUT2D eigenvalue weighted by Crippen LogP contribution is 2.26. The molecule has 2 aromatic rings. The number of benzene rings is 1. The van der Waals surface area contributed by atoms with Crippen LogP contribution in [-0.4, -0.2) is 56.1 Å². The highest BCUT2D eigenvalue weighted by molar-refractivity contribution is 5.92. The number of hydrogen-bond donors (Lipinski definition) is 0. The highest BCUT2D eigenvalue weighted by Gasteiger charge is 2.17. The molecule has 0 saturated carbocycles. The molecule has 0 saturated heterocycles. The topological polar surface area (TPSA) is 70.0 Å². The smallest absolute Gasteiger partial charge is 0.421 e. The molecule has 1 aromatic heterocycles.